The second-order valence-corrected chi connectivity index (χ2v) is 6.95. The fraction of sp³-hybridized carbons (Fsp3) is 0.421. The van der Waals surface area contributed by atoms with Crippen LogP contribution in [0.4, 0.5) is 13.2 Å². The van der Waals surface area contributed by atoms with Crippen molar-refractivity contribution in [3.05, 3.63) is 41.0 Å². The first-order chi connectivity index (χ1) is 13.7. The highest BCUT2D eigenvalue weighted by Crippen LogP contribution is 2.30. The minimum atomic E-state index is -4.53. The number of amides is 1. The monoisotopic (exact) mass is 431 g/mol. The Balaban J connectivity index is 0.000000360. The molecule has 3 N–H and O–H groups in total. The van der Waals surface area contributed by atoms with E-state index in [9.17, 15) is 18.0 Å². The Morgan fingerprint density at radius 1 is 1.17 bits per heavy atom. The van der Waals surface area contributed by atoms with Crippen LogP contribution in [0.15, 0.2) is 30.3 Å². The lowest BCUT2D eigenvalue weighted by atomic mass is 9.98. The van der Waals surface area contributed by atoms with Crippen molar-refractivity contribution in [3.63, 3.8) is 0 Å². The maximum absolute atomic E-state index is 12.3. The molecule has 1 aliphatic carbocycles. The zero-order valence-corrected chi connectivity index (χ0v) is 16.2. The number of nitrogens with two attached hydrogens (primary N) is 1. The van der Waals surface area contributed by atoms with Crippen LogP contribution in [-0.2, 0) is 0 Å². The number of aromatic nitrogens is 2. The van der Waals surface area contributed by atoms with Crippen LogP contribution in [0.25, 0.3) is 11.1 Å². The van der Waals surface area contributed by atoms with Gasteiger partial charge < -0.3 is 15.6 Å². The first kappa shape index (κ1) is 22.9. The number of aliphatic hydroxyl groups excluding tert-OH is 1. The van der Waals surface area contributed by atoms with E-state index in [0.29, 0.717) is 10.6 Å². The zero-order valence-electron chi connectivity index (χ0n) is 15.5. The predicted molar refractivity (Wildman–Crippen MR) is 102 cm³/mol. The lowest BCUT2D eigenvalue weighted by Crippen LogP contribution is -2.21. The Morgan fingerprint density at radius 2 is 1.79 bits per heavy atom. The second kappa shape index (κ2) is 10.4. The van der Waals surface area contributed by atoms with Crippen molar-refractivity contribution in [2.24, 2.45) is 5.73 Å². The van der Waals surface area contributed by atoms with Crippen molar-refractivity contribution in [2.45, 2.75) is 44.4 Å². The highest BCUT2D eigenvalue weighted by atomic mass is 35.5. The number of benzene rings is 1. The van der Waals surface area contributed by atoms with Gasteiger partial charge in [0, 0.05) is 10.6 Å². The van der Waals surface area contributed by atoms with E-state index >= 15 is 0 Å². The molecule has 0 bridgehead atoms. The van der Waals surface area contributed by atoms with Gasteiger partial charge in [-0.1, -0.05) is 43.0 Å². The lowest BCUT2D eigenvalue weighted by Gasteiger charge is -2.14. The fourth-order valence-electron chi connectivity index (χ4n) is 2.67. The number of halogens is 4. The topological polar surface area (TPSA) is 98.3 Å². The molecule has 1 amide bonds. The molecule has 1 aromatic heterocycles. The molecule has 10 heteroatoms. The molecule has 29 heavy (non-hydrogen) atoms. The number of hydrogen-bond donors (Lipinski definition) is 2. The second-order valence-electron chi connectivity index (χ2n) is 6.52. The van der Waals surface area contributed by atoms with Crippen LogP contribution in [-0.4, -0.2) is 40.1 Å². The molecule has 1 saturated carbocycles. The van der Waals surface area contributed by atoms with Crippen molar-refractivity contribution >= 4 is 17.5 Å². The summed E-state index contributed by atoms with van der Waals surface area (Å²) in [5.74, 6) is -1.21. The normalized spacial score (nSPS) is 14.7. The van der Waals surface area contributed by atoms with Crippen LogP contribution in [0.3, 0.4) is 0 Å². The van der Waals surface area contributed by atoms with E-state index in [0.717, 1.165) is 12.8 Å². The van der Waals surface area contributed by atoms with Gasteiger partial charge in [0.1, 0.15) is 0 Å². The quantitative estimate of drug-likeness (QED) is 0.757. The van der Waals surface area contributed by atoms with Crippen molar-refractivity contribution in [1.82, 2.24) is 10.2 Å². The van der Waals surface area contributed by atoms with Gasteiger partial charge in [-0.25, -0.2) is 0 Å². The van der Waals surface area contributed by atoms with E-state index in [4.69, 9.17) is 22.4 Å². The first-order valence-electron chi connectivity index (χ1n) is 8.97. The summed E-state index contributed by atoms with van der Waals surface area (Å²) < 4.78 is 41.5. The summed E-state index contributed by atoms with van der Waals surface area (Å²) >= 11 is 5.76. The summed E-state index contributed by atoms with van der Waals surface area (Å²) in [7, 11) is 0. The molecule has 1 aliphatic rings. The average Bonchev–Trinajstić information content (AvgIpc) is 2.67. The Labute approximate surface area is 170 Å². The van der Waals surface area contributed by atoms with E-state index < -0.39 is 18.7 Å². The molecule has 158 valence electrons. The number of carbonyl (C=O) groups excluding carboxylic acids is 1. The number of nitrogens with zero attached hydrogens (tertiary/aromatic N) is 2. The molecule has 1 fully saturated rings. The van der Waals surface area contributed by atoms with Gasteiger partial charge in [0.15, 0.2) is 12.3 Å². The molecule has 0 radical (unpaired) electrons. The van der Waals surface area contributed by atoms with Gasteiger partial charge >= 0.3 is 6.18 Å². The van der Waals surface area contributed by atoms with E-state index in [1.165, 1.54) is 37.5 Å². The number of rotatable bonds is 4. The van der Waals surface area contributed by atoms with E-state index in [-0.39, 0.29) is 23.2 Å². The Bertz CT molecular complexity index is 811. The number of ether oxygens (including phenoxy) is 1. The molecule has 6 nitrogen and oxygen atoms in total. The molecule has 0 aliphatic heterocycles. The van der Waals surface area contributed by atoms with Gasteiger partial charge in [0.05, 0.1) is 6.10 Å². The fourth-order valence-corrected chi connectivity index (χ4v) is 2.80. The van der Waals surface area contributed by atoms with Crippen LogP contribution >= 0.6 is 11.6 Å². The summed E-state index contributed by atoms with van der Waals surface area (Å²) in [4.78, 5) is 11.1. The van der Waals surface area contributed by atoms with Crippen LogP contribution in [0.1, 0.15) is 42.6 Å². The average molecular weight is 432 g/mol. The zero-order chi connectivity index (χ0) is 21.4. The van der Waals surface area contributed by atoms with Crippen molar-refractivity contribution < 1.29 is 27.8 Å². The molecular weight excluding hydrogens is 411 g/mol. The number of primary amides is 1. The van der Waals surface area contributed by atoms with Crippen LogP contribution in [0.2, 0.25) is 5.02 Å². The van der Waals surface area contributed by atoms with Gasteiger partial charge in [0.25, 0.3) is 5.91 Å². The predicted octanol–water partition coefficient (Wildman–Crippen LogP) is 4.15. The highest BCUT2D eigenvalue weighted by molar-refractivity contribution is 6.30. The molecular formula is C19H21ClF3N3O3. The third kappa shape index (κ3) is 7.86. The number of aliphatic hydroxyl groups is 1. The van der Waals surface area contributed by atoms with Crippen molar-refractivity contribution in [3.8, 4) is 17.0 Å². The highest BCUT2D eigenvalue weighted by Gasteiger charge is 2.29. The van der Waals surface area contributed by atoms with E-state index in [1.54, 1.807) is 12.1 Å². The Hall–Kier alpha value is -2.39. The maximum Gasteiger partial charge on any atom is 0.422 e. The Morgan fingerprint density at radius 3 is 2.28 bits per heavy atom. The summed E-state index contributed by atoms with van der Waals surface area (Å²) in [6, 6.07) is 7.38. The number of alkyl halides is 3. The standard InChI is InChI=1S/C13H9ClF3N3O2.C6H12O/c14-8-3-1-7(2-4-8)9-5-10(11(18)21)19-20-12(9)22-6-13(15,16)17;7-6-4-2-1-3-5-6/h1-5H,6H2,(H2,18,21);6-7H,1-5H2. The van der Waals surface area contributed by atoms with Crippen LogP contribution in [0, 0.1) is 0 Å². The third-order valence-electron chi connectivity index (χ3n) is 4.11. The van der Waals surface area contributed by atoms with Crippen molar-refractivity contribution in [1.29, 1.82) is 0 Å². The molecule has 0 unspecified atom stereocenters. The van der Waals surface area contributed by atoms with Crippen LogP contribution < -0.4 is 10.5 Å². The summed E-state index contributed by atoms with van der Waals surface area (Å²) in [5.41, 5.74) is 5.52. The maximum atomic E-state index is 12.3. The molecule has 1 heterocycles. The molecule has 0 spiro atoms. The molecule has 3 rings (SSSR count). The lowest BCUT2D eigenvalue weighted by molar-refractivity contribution is -0.154. The molecule has 1 aromatic carbocycles. The van der Waals surface area contributed by atoms with Gasteiger partial charge in [-0.15, -0.1) is 10.2 Å². The van der Waals surface area contributed by atoms with Gasteiger partial charge in [-0.2, -0.15) is 13.2 Å². The number of carbonyl (C=O) groups is 1. The minimum Gasteiger partial charge on any atom is -0.467 e. The molecule has 0 atom stereocenters. The SMILES string of the molecule is NC(=O)c1cc(-c2ccc(Cl)cc2)c(OCC(F)(F)F)nn1.OC1CCCCC1. The molecule has 2 aromatic rings. The number of hydrogen-bond acceptors (Lipinski definition) is 5. The summed E-state index contributed by atoms with van der Waals surface area (Å²) in [5, 5.41) is 16.3. The smallest absolute Gasteiger partial charge is 0.422 e. The van der Waals surface area contributed by atoms with E-state index in [1.807, 2.05) is 0 Å². The van der Waals surface area contributed by atoms with Gasteiger partial charge in [-0.05, 0) is 36.6 Å². The van der Waals surface area contributed by atoms with Gasteiger partial charge in [0.2, 0.25) is 5.88 Å². The largest absolute Gasteiger partial charge is 0.467 e. The van der Waals surface area contributed by atoms with E-state index in [2.05, 4.69) is 14.9 Å². The Kier molecular flexibility index (Phi) is 8.21. The third-order valence-corrected chi connectivity index (χ3v) is 4.37. The summed E-state index contributed by atoms with van der Waals surface area (Å²) in [6.07, 6.45) is 1.40. The molecule has 0 saturated heterocycles. The minimum absolute atomic E-state index is 0.0359. The summed E-state index contributed by atoms with van der Waals surface area (Å²) in [6.45, 7) is -1.53. The van der Waals surface area contributed by atoms with Crippen molar-refractivity contribution in [2.75, 3.05) is 6.61 Å². The first-order valence-corrected chi connectivity index (χ1v) is 9.34. The van der Waals surface area contributed by atoms with Crippen LogP contribution in [0.5, 0.6) is 5.88 Å². The van der Waals surface area contributed by atoms with Gasteiger partial charge in [-0.3, -0.25) is 4.79 Å².